The standard InChI is InChI=1S/C12H16N4/c1-9-10(2)16(8-15-9)7-11-4-5-14-12(6-11)13-3/h4-6,8H,7H2,1-3H3,(H,13,14). The van der Waals surface area contributed by atoms with Gasteiger partial charge in [-0.3, -0.25) is 0 Å². The van der Waals surface area contributed by atoms with Crippen LogP contribution >= 0.6 is 0 Å². The van der Waals surface area contributed by atoms with Gasteiger partial charge in [-0.25, -0.2) is 9.97 Å². The van der Waals surface area contributed by atoms with Crippen molar-refractivity contribution in [3.05, 3.63) is 41.6 Å². The molecule has 0 aromatic carbocycles. The third kappa shape index (κ3) is 2.05. The van der Waals surface area contributed by atoms with Crippen molar-refractivity contribution < 1.29 is 0 Å². The monoisotopic (exact) mass is 216 g/mol. The lowest BCUT2D eigenvalue weighted by atomic mass is 10.2. The highest BCUT2D eigenvalue weighted by Gasteiger charge is 2.03. The average molecular weight is 216 g/mol. The van der Waals surface area contributed by atoms with E-state index in [0.29, 0.717) is 0 Å². The van der Waals surface area contributed by atoms with E-state index in [-0.39, 0.29) is 0 Å². The van der Waals surface area contributed by atoms with Crippen LogP contribution in [-0.4, -0.2) is 21.6 Å². The van der Waals surface area contributed by atoms with Crippen LogP contribution in [0.15, 0.2) is 24.7 Å². The first-order valence-corrected chi connectivity index (χ1v) is 5.31. The molecule has 84 valence electrons. The summed E-state index contributed by atoms with van der Waals surface area (Å²) in [5.74, 6) is 0.895. The van der Waals surface area contributed by atoms with Crippen molar-refractivity contribution in [3.63, 3.8) is 0 Å². The zero-order valence-electron chi connectivity index (χ0n) is 9.86. The van der Waals surface area contributed by atoms with Crippen LogP contribution in [0.4, 0.5) is 5.82 Å². The molecular formula is C12H16N4. The van der Waals surface area contributed by atoms with Gasteiger partial charge in [0.25, 0.3) is 0 Å². The Balaban J connectivity index is 2.23. The molecule has 0 unspecified atom stereocenters. The first kappa shape index (κ1) is 10.7. The summed E-state index contributed by atoms with van der Waals surface area (Å²) in [6.45, 7) is 4.95. The molecule has 16 heavy (non-hydrogen) atoms. The van der Waals surface area contributed by atoms with E-state index in [9.17, 15) is 0 Å². The summed E-state index contributed by atoms with van der Waals surface area (Å²) in [7, 11) is 1.87. The van der Waals surface area contributed by atoms with E-state index < -0.39 is 0 Å². The number of nitrogens with zero attached hydrogens (tertiary/aromatic N) is 3. The Labute approximate surface area is 95.4 Å². The zero-order chi connectivity index (χ0) is 11.5. The molecule has 0 saturated heterocycles. The number of hydrogen-bond donors (Lipinski definition) is 1. The summed E-state index contributed by atoms with van der Waals surface area (Å²) in [6.07, 6.45) is 3.70. The van der Waals surface area contributed by atoms with Crippen LogP contribution in [0.2, 0.25) is 0 Å². The summed E-state index contributed by atoms with van der Waals surface area (Å²) in [4.78, 5) is 8.48. The zero-order valence-corrected chi connectivity index (χ0v) is 9.86. The van der Waals surface area contributed by atoms with E-state index in [1.165, 1.54) is 11.3 Å². The molecule has 2 aromatic rings. The van der Waals surface area contributed by atoms with Crippen LogP contribution in [0.5, 0.6) is 0 Å². The van der Waals surface area contributed by atoms with Gasteiger partial charge >= 0.3 is 0 Å². The Hall–Kier alpha value is -1.84. The second-order valence-electron chi connectivity index (χ2n) is 3.84. The van der Waals surface area contributed by atoms with Crippen LogP contribution < -0.4 is 5.32 Å². The number of aromatic nitrogens is 3. The first-order valence-electron chi connectivity index (χ1n) is 5.31. The molecule has 4 nitrogen and oxygen atoms in total. The summed E-state index contributed by atoms with van der Waals surface area (Å²) >= 11 is 0. The van der Waals surface area contributed by atoms with E-state index in [0.717, 1.165) is 18.1 Å². The van der Waals surface area contributed by atoms with E-state index in [2.05, 4.69) is 32.8 Å². The number of pyridine rings is 1. The lowest BCUT2D eigenvalue weighted by molar-refractivity contribution is 0.767. The predicted molar refractivity (Wildman–Crippen MR) is 64.6 cm³/mol. The molecule has 0 spiro atoms. The number of hydrogen-bond acceptors (Lipinski definition) is 3. The minimum absolute atomic E-state index is 0.837. The van der Waals surface area contributed by atoms with Crippen molar-refractivity contribution in [1.29, 1.82) is 0 Å². The van der Waals surface area contributed by atoms with Gasteiger partial charge in [-0.2, -0.15) is 0 Å². The Kier molecular flexibility index (Phi) is 2.90. The van der Waals surface area contributed by atoms with Gasteiger partial charge in [0.1, 0.15) is 5.82 Å². The maximum absolute atomic E-state index is 4.29. The third-order valence-corrected chi connectivity index (χ3v) is 2.78. The Morgan fingerprint density at radius 1 is 1.31 bits per heavy atom. The highest BCUT2D eigenvalue weighted by Crippen LogP contribution is 2.11. The fourth-order valence-corrected chi connectivity index (χ4v) is 1.61. The van der Waals surface area contributed by atoms with Gasteiger partial charge in [-0.05, 0) is 31.5 Å². The molecule has 4 heteroatoms. The summed E-state index contributed by atoms with van der Waals surface area (Å²) in [6, 6.07) is 4.07. The van der Waals surface area contributed by atoms with Crippen LogP contribution in [0.25, 0.3) is 0 Å². The largest absolute Gasteiger partial charge is 0.373 e. The summed E-state index contributed by atoms with van der Waals surface area (Å²) < 4.78 is 2.14. The van der Waals surface area contributed by atoms with Crippen molar-refractivity contribution in [2.75, 3.05) is 12.4 Å². The number of nitrogens with one attached hydrogen (secondary N) is 1. The highest BCUT2D eigenvalue weighted by molar-refractivity contribution is 5.36. The molecule has 1 N–H and O–H groups in total. The molecule has 0 fully saturated rings. The lowest BCUT2D eigenvalue weighted by Gasteiger charge is -2.07. The van der Waals surface area contributed by atoms with Crippen molar-refractivity contribution in [2.45, 2.75) is 20.4 Å². The molecule has 0 bridgehead atoms. The second-order valence-corrected chi connectivity index (χ2v) is 3.84. The van der Waals surface area contributed by atoms with Gasteiger partial charge in [0.05, 0.1) is 12.0 Å². The van der Waals surface area contributed by atoms with E-state index in [1.807, 2.05) is 32.6 Å². The van der Waals surface area contributed by atoms with Crippen molar-refractivity contribution >= 4 is 5.82 Å². The van der Waals surface area contributed by atoms with Crippen molar-refractivity contribution in [2.24, 2.45) is 0 Å². The lowest BCUT2D eigenvalue weighted by Crippen LogP contribution is -2.02. The number of rotatable bonds is 3. The van der Waals surface area contributed by atoms with Gasteiger partial charge in [0.15, 0.2) is 0 Å². The molecule has 2 aromatic heterocycles. The molecule has 0 aliphatic heterocycles. The smallest absolute Gasteiger partial charge is 0.125 e. The van der Waals surface area contributed by atoms with E-state index in [4.69, 9.17) is 0 Å². The van der Waals surface area contributed by atoms with Crippen molar-refractivity contribution in [3.8, 4) is 0 Å². The first-order chi connectivity index (χ1) is 7.70. The Bertz CT molecular complexity index is 488. The van der Waals surface area contributed by atoms with Gasteiger partial charge in [0, 0.05) is 25.5 Å². The molecule has 0 radical (unpaired) electrons. The van der Waals surface area contributed by atoms with Gasteiger partial charge < -0.3 is 9.88 Å². The molecule has 2 heterocycles. The fraction of sp³-hybridized carbons (Fsp3) is 0.333. The number of aryl methyl sites for hydroxylation is 1. The second kappa shape index (κ2) is 4.35. The SMILES string of the molecule is CNc1cc(Cn2cnc(C)c2C)ccn1. The van der Waals surface area contributed by atoms with Gasteiger partial charge in [-0.1, -0.05) is 0 Å². The van der Waals surface area contributed by atoms with Crippen LogP contribution in [0.1, 0.15) is 17.0 Å². The molecule has 2 rings (SSSR count). The molecule has 0 aliphatic carbocycles. The van der Waals surface area contributed by atoms with Gasteiger partial charge in [0.2, 0.25) is 0 Å². The van der Waals surface area contributed by atoms with Crippen LogP contribution in [0.3, 0.4) is 0 Å². The van der Waals surface area contributed by atoms with Crippen molar-refractivity contribution in [1.82, 2.24) is 14.5 Å². The van der Waals surface area contributed by atoms with Gasteiger partial charge in [-0.15, -0.1) is 0 Å². The molecule has 0 atom stereocenters. The average Bonchev–Trinajstić information content (AvgIpc) is 2.61. The highest BCUT2D eigenvalue weighted by atomic mass is 15.1. The number of imidazole rings is 1. The Morgan fingerprint density at radius 2 is 2.12 bits per heavy atom. The fourth-order valence-electron chi connectivity index (χ4n) is 1.61. The maximum atomic E-state index is 4.29. The summed E-state index contributed by atoms with van der Waals surface area (Å²) in [5, 5.41) is 3.04. The molecule has 0 aliphatic rings. The number of anilines is 1. The molecule has 0 amide bonds. The minimum Gasteiger partial charge on any atom is -0.373 e. The quantitative estimate of drug-likeness (QED) is 0.853. The molecule has 0 saturated carbocycles. The van der Waals surface area contributed by atoms with E-state index in [1.54, 1.807) is 0 Å². The maximum Gasteiger partial charge on any atom is 0.125 e. The van der Waals surface area contributed by atoms with Crippen LogP contribution in [0, 0.1) is 13.8 Å². The predicted octanol–water partition coefficient (Wildman–Crippen LogP) is 1.98. The summed E-state index contributed by atoms with van der Waals surface area (Å²) in [5.41, 5.74) is 3.52. The normalized spacial score (nSPS) is 10.4. The van der Waals surface area contributed by atoms with Crippen LogP contribution in [-0.2, 0) is 6.54 Å². The van der Waals surface area contributed by atoms with E-state index >= 15 is 0 Å². The topological polar surface area (TPSA) is 42.7 Å². The molecular weight excluding hydrogens is 200 g/mol. The Morgan fingerprint density at radius 3 is 2.75 bits per heavy atom. The third-order valence-electron chi connectivity index (χ3n) is 2.78. The minimum atomic E-state index is 0.837.